The molecule has 21 heavy (non-hydrogen) atoms. The van der Waals surface area contributed by atoms with E-state index in [1.54, 1.807) is 7.11 Å². The lowest BCUT2D eigenvalue weighted by atomic mass is 9.96. The molecule has 0 atom stereocenters. The van der Waals surface area contributed by atoms with E-state index in [1.807, 2.05) is 0 Å². The number of fused-ring (bicyclic) bond motifs is 1. The molecule has 1 N–H and O–H groups in total. The molecular formula is C19H23NO. The monoisotopic (exact) mass is 281 g/mol. The number of nitrogens with one attached hydrogen (secondary N) is 1. The fourth-order valence-corrected chi connectivity index (χ4v) is 3.12. The molecule has 0 spiro atoms. The Labute approximate surface area is 127 Å². The van der Waals surface area contributed by atoms with Crippen molar-refractivity contribution in [3.8, 4) is 16.9 Å². The van der Waals surface area contributed by atoms with Gasteiger partial charge in [0.05, 0.1) is 7.11 Å². The average molecular weight is 281 g/mol. The van der Waals surface area contributed by atoms with Crippen LogP contribution in [0.1, 0.15) is 30.0 Å². The molecule has 0 radical (unpaired) electrons. The van der Waals surface area contributed by atoms with Crippen LogP contribution in [0, 0.1) is 0 Å². The lowest BCUT2D eigenvalue weighted by Gasteiger charge is -2.13. The van der Waals surface area contributed by atoms with Crippen LogP contribution < -0.4 is 10.1 Å². The summed E-state index contributed by atoms with van der Waals surface area (Å²) in [5, 5.41) is 3.42. The van der Waals surface area contributed by atoms with Crippen LogP contribution in [-0.4, -0.2) is 13.7 Å². The summed E-state index contributed by atoms with van der Waals surface area (Å²) in [6.45, 7) is 3.98. The first-order chi connectivity index (χ1) is 10.3. The molecule has 0 saturated carbocycles. The van der Waals surface area contributed by atoms with Crippen molar-refractivity contribution in [2.24, 2.45) is 0 Å². The van der Waals surface area contributed by atoms with Gasteiger partial charge >= 0.3 is 0 Å². The van der Waals surface area contributed by atoms with E-state index in [9.17, 15) is 0 Å². The van der Waals surface area contributed by atoms with Crippen molar-refractivity contribution in [3.05, 3.63) is 53.1 Å². The summed E-state index contributed by atoms with van der Waals surface area (Å²) in [5.74, 6) is 0.924. The average Bonchev–Trinajstić information content (AvgIpc) is 3.00. The first-order valence-electron chi connectivity index (χ1n) is 7.81. The maximum absolute atomic E-state index is 5.37. The second kappa shape index (κ2) is 6.31. The fraction of sp³-hybridized carbons (Fsp3) is 0.368. The second-order valence-electron chi connectivity index (χ2n) is 5.64. The molecule has 0 unspecified atom stereocenters. The van der Waals surface area contributed by atoms with Crippen LogP contribution in [0.2, 0.25) is 0 Å². The summed E-state index contributed by atoms with van der Waals surface area (Å²) in [6, 6.07) is 13.3. The molecule has 110 valence electrons. The Morgan fingerprint density at radius 1 is 1.05 bits per heavy atom. The number of rotatable bonds is 5. The van der Waals surface area contributed by atoms with Gasteiger partial charge in [-0.15, -0.1) is 0 Å². The van der Waals surface area contributed by atoms with Crippen LogP contribution in [0.15, 0.2) is 36.4 Å². The third kappa shape index (κ3) is 2.96. The largest absolute Gasteiger partial charge is 0.497 e. The molecule has 3 rings (SSSR count). The maximum atomic E-state index is 5.37. The number of aryl methyl sites for hydroxylation is 2. The number of ether oxygens (including phenoxy) is 1. The number of hydrogen-bond acceptors (Lipinski definition) is 2. The van der Waals surface area contributed by atoms with Gasteiger partial charge in [0, 0.05) is 6.54 Å². The molecule has 0 saturated heterocycles. The highest BCUT2D eigenvalue weighted by Gasteiger charge is 2.13. The normalized spacial score (nSPS) is 13.2. The first kappa shape index (κ1) is 14.2. The quantitative estimate of drug-likeness (QED) is 0.895. The SMILES string of the molecule is CCNCc1cc(OC)ccc1-c1ccc2c(c1)CCC2. The van der Waals surface area contributed by atoms with Gasteiger partial charge in [-0.1, -0.05) is 31.2 Å². The number of methoxy groups -OCH3 is 1. The van der Waals surface area contributed by atoms with Crippen molar-refractivity contribution < 1.29 is 4.74 Å². The first-order valence-corrected chi connectivity index (χ1v) is 7.81. The highest BCUT2D eigenvalue weighted by Crippen LogP contribution is 2.31. The van der Waals surface area contributed by atoms with Crippen molar-refractivity contribution in [1.29, 1.82) is 0 Å². The summed E-state index contributed by atoms with van der Waals surface area (Å²) in [6.07, 6.45) is 3.76. The Bertz CT molecular complexity index is 633. The Balaban J connectivity index is 2.00. The maximum Gasteiger partial charge on any atom is 0.119 e. The van der Waals surface area contributed by atoms with E-state index in [4.69, 9.17) is 4.74 Å². The van der Waals surface area contributed by atoms with Gasteiger partial charge in [-0.2, -0.15) is 0 Å². The van der Waals surface area contributed by atoms with Gasteiger partial charge < -0.3 is 10.1 Å². The molecule has 0 amide bonds. The summed E-state index contributed by atoms with van der Waals surface area (Å²) in [7, 11) is 1.72. The standard InChI is InChI=1S/C19H23NO/c1-3-20-13-17-12-18(21-2)9-10-19(17)16-8-7-14-5-4-6-15(14)11-16/h7-12,20H,3-6,13H2,1-2H3. The zero-order valence-corrected chi connectivity index (χ0v) is 12.9. The van der Waals surface area contributed by atoms with E-state index >= 15 is 0 Å². The third-order valence-corrected chi connectivity index (χ3v) is 4.29. The van der Waals surface area contributed by atoms with Crippen LogP contribution in [0.25, 0.3) is 11.1 Å². The molecule has 1 aliphatic rings. The fourth-order valence-electron chi connectivity index (χ4n) is 3.12. The van der Waals surface area contributed by atoms with Gasteiger partial charge in [0.1, 0.15) is 5.75 Å². The van der Waals surface area contributed by atoms with E-state index < -0.39 is 0 Å². The minimum atomic E-state index is 0.875. The smallest absolute Gasteiger partial charge is 0.119 e. The van der Waals surface area contributed by atoms with Crippen molar-refractivity contribution in [1.82, 2.24) is 5.32 Å². The molecular weight excluding hydrogens is 258 g/mol. The Morgan fingerprint density at radius 2 is 1.90 bits per heavy atom. The number of benzene rings is 2. The minimum absolute atomic E-state index is 0.875. The molecule has 0 heterocycles. The van der Waals surface area contributed by atoms with E-state index in [1.165, 1.54) is 47.1 Å². The lowest BCUT2D eigenvalue weighted by molar-refractivity contribution is 0.414. The molecule has 2 heteroatoms. The van der Waals surface area contributed by atoms with Crippen LogP contribution in [0.3, 0.4) is 0 Å². The Kier molecular flexibility index (Phi) is 4.26. The second-order valence-corrected chi connectivity index (χ2v) is 5.64. The van der Waals surface area contributed by atoms with Crippen molar-refractivity contribution >= 4 is 0 Å². The lowest BCUT2D eigenvalue weighted by Crippen LogP contribution is -2.12. The predicted octanol–water partition coefficient (Wildman–Crippen LogP) is 3.96. The van der Waals surface area contributed by atoms with E-state index in [-0.39, 0.29) is 0 Å². The van der Waals surface area contributed by atoms with Crippen LogP contribution in [0.4, 0.5) is 0 Å². The Hall–Kier alpha value is -1.80. The van der Waals surface area contributed by atoms with E-state index in [0.717, 1.165) is 18.8 Å². The molecule has 0 fully saturated rings. The van der Waals surface area contributed by atoms with Gasteiger partial charge in [-0.05, 0) is 65.8 Å². The summed E-state index contributed by atoms with van der Waals surface area (Å²) in [5.41, 5.74) is 6.99. The van der Waals surface area contributed by atoms with Gasteiger partial charge in [-0.25, -0.2) is 0 Å². The highest BCUT2D eigenvalue weighted by molar-refractivity contribution is 5.70. The van der Waals surface area contributed by atoms with Crippen LogP contribution in [-0.2, 0) is 19.4 Å². The molecule has 2 aromatic carbocycles. The molecule has 2 aromatic rings. The summed E-state index contributed by atoms with van der Waals surface area (Å²) in [4.78, 5) is 0. The molecule has 0 aliphatic heterocycles. The predicted molar refractivity (Wildman–Crippen MR) is 87.8 cm³/mol. The zero-order valence-electron chi connectivity index (χ0n) is 12.9. The highest BCUT2D eigenvalue weighted by atomic mass is 16.5. The van der Waals surface area contributed by atoms with Crippen LogP contribution >= 0.6 is 0 Å². The third-order valence-electron chi connectivity index (χ3n) is 4.29. The minimum Gasteiger partial charge on any atom is -0.497 e. The summed E-state index contributed by atoms with van der Waals surface area (Å²) < 4.78 is 5.37. The van der Waals surface area contributed by atoms with Gasteiger partial charge in [-0.3, -0.25) is 0 Å². The van der Waals surface area contributed by atoms with Gasteiger partial charge in [0.15, 0.2) is 0 Å². The van der Waals surface area contributed by atoms with Gasteiger partial charge in [0.25, 0.3) is 0 Å². The van der Waals surface area contributed by atoms with Crippen molar-refractivity contribution in [2.75, 3.05) is 13.7 Å². The zero-order chi connectivity index (χ0) is 14.7. The molecule has 2 nitrogen and oxygen atoms in total. The van der Waals surface area contributed by atoms with Crippen molar-refractivity contribution in [3.63, 3.8) is 0 Å². The molecule has 1 aliphatic carbocycles. The molecule has 0 aromatic heterocycles. The summed E-state index contributed by atoms with van der Waals surface area (Å²) >= 11 is 0. The van der Waals surface area contributed by atoms with E-state index in [0.29, 0.717) is 0 Å². The number of hydrogen-bond donors (Lipinski definition) is 1. The topological polar surface area (TPSA) is 21.3 Å². The Morgan fingerprint density at radius 3 is 2.71 bits per heavy atom. The van der Waals surface area contributed by atoms with Crippen LogP contribution in [0.5, 0.6) is 5.75 Å². The molecule has 0 bridgehead atoms. The van der Waals surface area contributed by atoms with Gasteiger partial charge in [0.2, 0.25) is 0 Å². The van der Waals surface area contributed by atoms with Crippen molar-refractivity contribution in [2.45, 2.75) is 32.7 Å². The van der Waals surface area contributed by atoms with E-state index in [2.05, 4.69) is 48.6 Å².